The molecule has 4 amide bonds. The van der Waals surface area contributed by atoms with Crippen LogP contribution in [0.2, 0.25) is 5.02 Å². The fourth-order valence-corrected chi connectivity index (χ4v) is 9.24. The maximum Gasteiger partial charge on any atom is 0.258 e. The van der Waals surface area contributed by atoms with Crippen LogP contribution < -0.4 is 14.5 Å². The van der Waals surface area contributed by atoms with E-state index in [1.165, 1.54) is 18.2 Å². The normalized spacial score (nSPS) is 28.4. The van der Waals surface area contributed by atoms with E-state index >= 15 is 0 Å². The van der Waals surface area contributed by atoms with Gasteiger partial charge in [0.2, 0.25) is 11.8 Å². The minimum atomic E-state index is -2.19. The van der Waals surface area contributed by atoms with Gasteiger partial charge in [-0.15, -0.1) is 23.2 Å². The van der Waals surface area contributed by atoms with Crippen molar-refractivity contribution < 1.29 is 33.4 Å². The van der Waals surface area contributed by atoms with E-state index in [0.717, 1.165) is 27.5 Å². The number of phenols is 1. The minimum absolute atomic E-state index is 0.0596. The van der Waals surface area contributed by atoms with E-state index in [9.17, 15) is 28.7 Å². The molecule has 0 spiro atoms. The quantitative estimate of drug-likeness (QED) is 0.124. The zero-order valence-electron chi connectivity index (χ0n) is 26.6. The molecule has 2 aliphatic carbocycles. The number of nitrogens with zero attached hydrogens (tertiary/aromatic N) is 2. The van der Waals surface area contributed by atoms with Crippen LogP contribution >= 0.6 is 34.8 Å². The number of hydrogen-bond donors (Lipinski definition) is 1. The van der Waals surface area contributed by atoms with Crippen LogP contribution in [0.5, 0.6) is 11.5 Å². The van der Waals surface area contributed by atoms with E-state index in [2.05, 4.69) is 0 Å². The number of allylic oxidation sites excluding steroid dienone is 2. The standard InChI is InChI=1S/C39H28Cl3FN2O6/c40-22-6-10-24(11-7-22)44-34(47)29-17-16-27-30(32(29)35(44)48)19-38(41)36(49)45(25-12-8-23(43)9-13-25)37(50)39(38,42)33(27)28-15-14-26(18-31(28)46)51-20-21-4-2-1-3-5-21/h1-16,18,29-30,32-33,46H,17,19-20H2. The molecule has 0 bridgehead atoms. The summed E-state index contributed by atoms with van der Waals surface area (Å²) in [6.45, 7) is 0.226. The van der Waals surface area contributed by atoms with Crippen molar-refractivity contribution in [2.45, 2.75) is 35.1 Å². The summed E-state index contributed by atoms with van der Waals surface area (Å²) >= 11 is 20.9. The molecule has 51 heavy (non-hydrogen) atoms. The van der Waals surface area contributed by atoms with Gasteiger partial charge in [0.1, 0.15) is 23.9 Å². The smallest absolute Gasteiger partial charge is 0.258 e. The molecule has 6 atom stereocenters. The summed E-state index contributed by atoms with van der Waals surface area (Å²) in [5, 5.41) is 12.0. The van der Waals surface area contributed by atoms with E-state index in [4.69, 9.17) is 39.5 Å². The van der Waals surface area contributed by atoms with E-state index in [1.807, 2.05) is 30.3 Å². The number of ether oxygens (including phenoxy) is 1. The third kappa shape index (κ3) is 5.00. The zero-order valence-corrected chi connectivity index (χ0v) is 28.9. The number of carbonyl (C=O) groups is 4. The predicted octanol–water partition coefficient (Wildman–Crippen LogP) is 7.53. The van der Waals surface area contributed by atoms with E-state index in [-0.39, 0.29) is 36.4 Å². The number of alkyl halides is 2. The van der Waals surface area contributed by atoms with Crippen LogP contribution in [0.3, 0.4) is 0 Å². The summed E-state index contributed by atoms with van der Waals surface area (Å²) in [5.41, 5.74) is 2.01. The number of aromatic hydroxyl groups is 1. The van der Waals surface area contributed by atoms with Gasteiger partial charge < -0.3 is 9.84 Å². The predicted molar refractivity (Wildman–Crippen MR) is 189 cm³/mol. The number of halogens is 4. The molecule has 4 aliphatic rings. The van der Waals surface area contributed by atoms with Crippen molar-refractivity contribution in [3.8, 4) is 11.5 Å². The highest BCUT2D eigenvalue weighted by Crippen LogP contribution is 2.66. The van der Waals surface area contributed by atoms with Crippen LogP contribution in [0.1, 0.15) is 29.9 Å². The highest BCUT2D eigenvalue weighted by molar-refractivity contribution is 6.58. The lowest BCUT2D eigenvalue weighted by molar-refractivity contribution is -0.125. The minimum Gasteiger partial charge on any atom is -0.508 e. The SMILES string of the molecule is O=C1C2CC=C3C(CC4(Cl)C(=O)N(c5ccc(F)cc5)C(=O)C4(Cl)C3c3ccc(OCc4ccccc4)cc3O)C2C(=O)N1c1ccc(Cl)cc1. The maximum atomic E-state index is 14.6. The summed E-state index contributed by atoms with van der Waals surface area (Å²) in [6.07, 6.45) is 1.67. The summed E-state index contributed by atoms with van der Waals surface area (Å²) < 4.78 is 19.9. The lowest BCUT2D eigenvalue weighted by Crippen LogP contribution is -2.60. The van der Waals surface area contributed by atoms with Crippen molar-refractivity contribution in [3.63, 3.8) is 0 Å². The molecule has 0 radical (unpaired) electrons. The van der Waals surface area contributed by atoms with Crippen LogP contribution in [-0.4, -0.2) is 38.5 Å². The Labute approximate surface area is 307 Å². The molecule has 8 nitrogen and oxygen atoms in total. The molecule has 4 aromatic carbocycles. The monoisotopic (exact) mass is 744 g/mol. The molecule has 8 rings (SSSR count). The molecule has 2 saturated heterocycles. The van der Waals surface area contributed by atoms with Crippen molar-refractivity contribution in [2.75, 3.05) is 9.80 Å². The number of phenolic OH excluding ortho intramolecular Hbond substituents is 1. The van der Waals surface area contributed by atoms with Gasteiger partial charge in [-0.1, -0.05) is 59.6 Å². The summed E-state index contributed by atoms with van der Waals surface area (Å²) in [5.74, 6) is -6.85. The Morgan fingerprint density at radius 3 is 2.16 bits per heavy atom. The second-order valence-corrected chi connectivity index (χ2v) is 14.9. The van der Waals surface area contributed by atoms with Gasteiger partial charge in [0.15, 0.2) is 9.75 Å². The molecule has 3 fully saturated rings. The van der Waals surface area contributed by atoms with E-state index in [0.29, 0.717) is 22.0 Å². The summed E-state index contributed by atoms with van der Waals surface area (Å²) in [4.78, 5) is 54.8. The van der Waals surface area contributed by atoms with Crippen molar-refractivity contribution >= 4 is 69.8 Å². The zero-order chi connectivity index (χ0) is 35.8. The van der Waals surface area contributed by atoms with Crippen molar-refractivity contribution in [3.05, 3.63) is 131 Å². The molecule has 2 heterocycles. The van der Waals surface area contributed by atoms with Crippen LogP contribution in [0.25, 0.3) is 0 Å². The van der Waals surface area contributed by atoms with E-state index < -0.39 is 62.9 Å². The van der Waals surface area contributed by atoms with E-state index in [1.54, 1.807) is 42.5 Å². The Morgan fingerprint density at radius 2 is 1.47 bits per heavy atom. The molecule has 2 aliphatic heterocycles. The van der Waals surface area contributed by atoms with Gasteiger partial charge in [-0.25, -0.2) is 9.29 Å². The first kappa shape index (κ1) is 33.4. The van der Waals surface area contributed by atoms with Gasteiger partial charge in [0.05, 0.1) is 23.2 Å². The molecule has 1 saturated carbocycles. The molecule has 6 unspecified atom stereocenters. The molecule has 12 heteroatoms. The van der Waals surface area contributed by atoms with Crippen LogP contribution in [0.15, 0.2) is 109 Å². The number of amides is 4. The van der Waals surface area contributed by atoms with Crippen molar-refractivity contribution in [1.29, 1.82) is 0 Å². The molecule has 1 N–H and O–H groups in total. The number of carbonyl (C=O) groups excluding carboxylic acids is 4. The Kier molecular flexibility index (Phi) is 8.01. The molecular weight excluding hydrogens is 718 g/mol. The number of fused-ring (bicyclic) bond motifs is 4. The number of anilines is 2. The molecule has 4 aromatic rings. The fourth-order valence-electron chi connectivity index (χ4n) is 8.19. The first-order valence-electron chi connectivity index (χ1n) is 16.3. The van der Waals surface area contributed by atoms with Gasteiger partial charge in [0.25, 0.3) is 11.8 Å². The van der Waals surface area contributed by atoms with Crippen LogP contribution in [-0.2, 0) is 25.8 Å². The summed E-state index contributed by atoms with van der Waals surface area (Å²) in [7, 11) is 0. The average molecular weight is 746 g/mol. The molecular formula is C39H28Cl3FN2O6. The Morgan fingerprint density at radius 1 is 0.804 bits per heavy atom. The Hall–Kier alpha value is -4.70. The Balaban J connectivity index is 1.24. The first-order chi connectivity index (χ1) is 24.4. The lowest BCUT2D eigenvalue weighted by Gasteiger charge is -2.50. The van der Waals surface area contributed by atoms with Gasteiger partial charge >= 0.3 is 0 Å². The third-order valence-corrected chi connectivity index (χ3v) is 12.2. The van der Waals surface area contributed by atoms with Crippen LogP contribution in [0.4, 0.5) is 15.8 Å². The molecule has 258 valence electrons. The maximum absolute atomic E-state index is 14.6. The number of benzene rings is 4. The lowest BCUT2D eigenvalue weighted by atomic mass is 9.56. The van der Waals surface area contributed by atoms with Gasteiger partial charge in [-0.05, 0) is 78.9 Å². The topological polar surface area (TPSA) is 104 Å². The van der Waals surface area contributed by atoms with Gasteiger partial charge in [-0.2, -0.15) is 0 Å². The number of hydrogen-bond acceptors (Lipinski definition) is 6. The highest BCUT2D eigenvalue weighted by atomic mass is 35.5. The second-order valence-electron chi connectivity index (χ2n) is 13.2. The largest absolute Gasteiger partial charge is 0.508 e. The number of rotatable bonds is 6. The first-order valence-corrected chi connectivity index (χ1v) is 17.4. The van der Waals surface area contributed by atoms with Crippen LogP contribution in [0, 0.1) is 23.6 Å². The molecule has 0 aromatic heterocycles. The fraction of sp³-hybridized carbons (Fsp3) is 0.231. The number of imide groups is 2. The average Bonchev–Trinajstić information content (AvgIpc) is 3.46. The van der Waals surface area contributed by atoms with Crippen molar-refractivity contribution in [2.24, 2.45) is 17.8 Å². The third-order valence-electron chi connectivity index (χ3n) is 10.5. The Bertz CT molecular complexity index is 2150. The summed E-state index contributed by atoms with van der Waals surface area (Å²) in [6, 6.07) is 25.1. The van der Waals surface area contributed by atoms with Gasteiger partial charge in [-0.3, -0.25) is 24.1 Å². The highest BCUT2D eigenvalue weighted by Gasteiger charge is 2.77. The van der Waals surface area contributed by atoms with Crippen molar-refractivity contribution in [1.82, 2.24) is 0 Å². The van der Waals surface area contributed by atoms with Gasteiger partial charge in [0, 0.05) is 22.6 Å². The second kappa shape index (κ2) is 12.2.